The van der Waals surface area contributed by atoms with Crippen LogP contribution < -0.4 is 24.3 Å². The molecule has 1 aliphatic rings. The van der Waals surface area contributed by atoms with E-state index in [2.05, 4.69) is 5.32 Å². The van der Waals surface area contributed by atoms with Crippen molar-refractivity contribution in [1.29, 1.82) is 0 Å². The number of rotatable bonds is 5. The molecule has 0 saturated heterocycles. The lowest BCUT2D eigenvalue weighted by Gasteiger charge is -2.19. The Labute approximate surface area is 140 Å². The first-order chi connectivity index (χ1) is 11.7. The molecule has 2 aromatic rings. The highest BCUT2D eigenvalue weighted by Gasteiger charge is 2.17. The lowest BCUT2D eigenvalue weighted by Crippen LogP contribution is -2.30. The maximum Gasteiger partial charge on any atom is 0.265 e. The van der Waals surface area contributed by atoms with E-state index in [9.17, 15) is 4.79 Å². The highest BCUT2D eigenvalue weighted by Crippen LogP contribution is 2.32. The Morgan fingerprint density at radius 3 is 2.42 bits per heavy atom. The zero-order valence-corrected chi connectivity index (χ0v) is 13.6. The first-order valence-electron chi connectivity index (χ1n) is 7.67. The lowest BCUT2D eigenvalue weighted by atomic mass is 10.2. The first-order valence-corrected chi connectivity index (χ1v) is 7.67. The minimum Gasteiger partial charge on any atom is -0.497 e. The van der Waals surface area contributed by atoms with Crippen LogP contribution in [0.5, 0.6) is 23.0 Å². The summed E-state index contributed by atoms with van der Waals surface area (Å²) in [5.41, 5.74) is 0.634. The Balaban J connectivity index is 1.61. The van der Waals surface area contributed by atoms with Gasteiger partial charge < -0.3 is 24.3 Å². The van der Waals surface area contributed by atoms with Gasteiger partial charge in [-0.1, -0.05) is 0 Å². The number of nitrogens with one attached hydrogen (secondary N) is 1. The number of fused-ring (bicyclic) bond motifs is 1. The van der Waals surface area contributed by atoms with E-state index in [4.69, 9.17) is 18.9 Å². The van der Waals surface area contributed by atoms with Crippen molar-refractivity contribution in [1.82, 2.24) is 0 Å². The molecule has 0 aliphatic carbocycles. The molecule has 0 unspecified atom stereocenters. The molecule has 24 heavy (non-hydrogen) atoms. The van der Waals surface area contributed by atoms with Crippen LogP contribution in [0.3, 0.4) is 0 Å². The van der Waals surface area contributed by atoms with E-state index in [1.807, 2.05) is 0 Å². The third-order valence-electron chi connectivity index (χ3n) is 3.55. The summed E-state index contributed by atoms with van der Waals surface area (Å²) in [6.45, 7) is 2.73. The third kappa shape index (κ3) is 3.71. The highest BCUT2D eigenvalue weighted by molar-refractivity contribution is 5.94. The highest BCUT2D eigenvalue weighted by atomic mass is 16.6. The molecule has 6 nitrogen and oxygen atoms in total. The smallest absolute Gasteiger partial charge is 0.265 e. The third-order valence-corrected chi connectivity index (χ3v) is 3.55. The molecule has 0 aromatic heterocycles. The van der Waals surface area contributed by atoms with E-state index in [0.29, 0.717) is 36.1 Å². The number of carbonyl (C=O) groups is 1. The number of ether oxygens (including phenoxy) is 4. The molecule has 6 heteroatoms. The molecule has 0 fully saturated rings. The van der Waals surface area contributed by atoms with Crippen LogP contribution in [0.25, 0.3) is 0 Å². The van der Waals surface area contributed by atoms with Crippen molar-refractivity contribution in [2.24, 2.45) is 0 Å². The van der Waals surface area contributed by atoms with Gasteiger partial charge in [-0.25, -0.2) is 0 Å². The van der Waals surface area contributed by atoms with E-state index in [1.54, 1.807) is 56.5 Å². The number of methoxy groups -OCH3 is 1. The van der Waals surface area contributed by atoms with Crippen LogP contribution in [0, 0.1) is 0 Å². The van der Waals surface area contributed by atoms with Crippen molar-refractivity contribution in [2.75, 3.05) is 25.6 Å². The molecule has 3 rings (SSSR count). The molecule has 1 amide bonds. The maximum absolute atomic E-state index is 12.3. The van der Waals surface area contributed by atoms with Gasteiger partial charge in [0.25, 0.3) is 5.91 Å². The predicted octanol–water partition coefficient (Wildman–Crippen LogP) is 2.87. The SMILES string of the molecule is COc1ccc(O[C@@H](C)C(=O)Nc2ccc3c(c2)OCCO3)cc1. The van der Waals surface area contributed by atoms with E-state index >= 15 is 0 Å². The topological polar surface area (TPSA) is 66.0 Å². The van der Waals surface area contributed by atoms with E-state index < -0.39 is 6.10 Å². The summed E-state index contributed by atoms with van der Waals surface area (Å²) in [5.74, 6) is 2.39. The second kappa shape index (κ2) is 7.12. The maximum atomic E-state index is 12.3. The number of hydrogen-bond donors (Lipinski definition) is 1. The first kappa shape index (κ1) is 16.0. The zero-order chi connectivity index (χ0) is 16.9. The van der Waals surface area contributed by atoms with Gasteiger partial charge in [0.15, 0.2) is 17.6 Å². The standard InChI is InChI=1S/C18H19NO5/c1-12(24-15-6-4-14(21-2)5-7-15)18(20)19-13-3-8-16-17(11-13)23-10-9-22-16/h3-8,11-12H,9-10H2,1-2H3,(H,19,20)/t12-/m0/s1. The number of hydrogen-bond acceptors (Lipinski definition) is 5. The molecule has 0 radical (unpaired) electrons. The summed E-state index contributed by atoms with van der Waals surface area (Å²) in [6, 6.07) is 12.4. The number of amides is 1. The van der Waals surface area contributed by atoms with Gasteiger partial charge in [0, 0.05) is 11.8 Å². The van der Waals surface area contributed by atoms with Crippen LogP contribution in [0.2, 0.25) is 0 Å². The molecule has 1 atom stereocenters. The Hall–Kier alpha value is -2.89. The second-order valence-electron chi connectivity index (χ2n) is 5.28. The van der Waals surface area contributed by atoms with Gasteiger partial charge >= 0.3 is 0 Å². The number of benzene rings is 2. The van der Waals surface area contributed by atoms with Crippen LogP contribution in [-0.2, 0) is 4.79 Å². The molecule has 1 heterocycles. The van der Waals surface area contributed by atoms with Crippen LogP contribution in [0.1, 0.15) is 6.92 Å². The normalized spacial score (nSPS) is 13.8. The predicted molar refractivity (Wildman–Crippen MR) is 89.1 cm³/mol. The van der Waals surface area contributed by atoms with E-state index in [1.165, 1.54) is 0 Å². The fourth-order valence-electron chi connectivity index (χ4n) is 2.28. The Morgan fingerprint density at radius 1 is 1.04 bits per heavy atom. The van der Waals surface area contributed by atoms with E-state index in [0.717, 1.165) is 5.75 Å². The molecule has 0 bridgehead atoms. The van der Waals surface area contributed by atoms with Gasteiger partial charge in [-0.15, -0.1) is 0 Å². The number of carbonyl (C=O) groups excluding carboxylic acids is 1. The van der Waals surface area contributed by atoms with Crippen LogP contribution in [0.4, 0.5) is 5.69 Å². The monoisotopic (exact) mass is 329 g/mol. The van der Waals surface area contributed by atoms with Crippen molar-refractivity contribution >= 4 is 11.6 Å². The summed E-state index contributed by atoms with van der Waals surface area (Å²) in [4.78, 5) is 12.3. The van der Waals surface area contributed by atoms with Gasteiger partial charge in [0.05, 0.1) is 7.11 Å². The van der Waals surface area contributed by atoms with Crippen LogP contribution in [0.15, 0.2) is 42.5 Å². The van der Waals surface area contributed by atoms with Gasteiger partial charge in [0.1, 0.15) is 24.7 Å². The van der Waals surface area contributed by atoms with Gasteiger partial charge in [-0.2, -0.15) is 0 Å². The molecule has 126 valence electrons. The summed E-state index contributed by atoms with van der Waals surface area (Å²) in [6.07, 6.45) is -0.647. The summed E-state index contributed by atoms with van der Waals surface area (Å²) in [7, 11) is 1.60. The van der Waals surface area contributed by atoms with Gasteiger partial charge in [-0.3, -0.25) is 4.79 Å². The Kier molecular flexibility index (Phi) is 4.74. The summed E-state index contributed by atoms with van der Waals surface area (Å²) >= 11 is 0. The molecule has 1 aliphatic heterocycles. The van der Waals surface area contributed by atoms with Crippen molar-refractivity contribution in [2.45, 2.75) is 13.0 Å². The Bertz CT molecular complexity index is 714. The second-order valence-corrected chi connectivity index (χ2v) is 5.28. The lowest BCUT2D eigenvalue weighted by molar-refractivity contribution is -0.122. The molecule has 0 saturated carbocycles. The number of anilines is 1. The Morgan fingerprint density at radius 2 is 1.71 bits per heavy atom. The molecule has 2 aromatic carbocycles. The van der Waals surface area contributed by atoms with Crippen molar-refractivity contribution in [3.05, 3.63) is 42.5 Å². The quantitative estimate of drug-likeness (QED) is 0.914. The molecule has 0 spiro atoms. The van der Waals surface area contributed by atoms with Crippen molar-refractivity contribution in [3.63, 3.8) is 0 Å². The fraction of sp³-hybridized carbons (Fsp3) is 0.278. The van der Waals surface area contributed by atoms with Gasteiger partial charge in [-0.05, 0) is 43.3 Å². The molecular weight excluding hydrogens is 310 g/mol. The van der Waals surface area contributed by atoms with Crippen LogP contribution in [-0.4, -0.2) is 32.3 Å². The van der Waals surface area contributed by atoms with Gasteiger partial charge in [0.2, 0.25) is 0 Å². The minimum absolute atomic E-state index is 0.248. The largest absolute Gasteiger partial charge is 0.497 e. The fourth-order valence-corrected chi connectivity index (χ4v) is 2.28. The zero-order valence-electron chi connectivity index (χ0n) is 13.6. The molecule has 1 N–H and O–H groups in total. The summed E-state index contributed by atoms with van der Waals surface area (Å²) in [5, 5.41) is 2.81. The van der Waals surface area contributed by atoms with Crippen LogP contribution >= 0.6 is 0 Å². The average molecular weight is 329 g/mol. The van der Waals surface area contributed by atoms with E-state index in [-0.39, 0.29) is 5.91 Å². The minimum atomic E-state index is -0.647. The average Bonchev–Trinajstić information content (AvgIpc) is 2.62. The van der Waals surface area contributed by atoms with Crippen molar-refractivity contribution in [3.8, 4) is 23.0 Å². The molecular formula is C18H19NO5. The summed E-state index contributed by atoms with van der Waals surface area (Å²) < 4.78 is 21.7. The van der Waals surface area contributed by atoms with Crippen molar-refractivity contribution < 1.29 is 23.7 Å².